The topological polar surface area (TPSA) is 109 Å². The van der Waals surface area contributed by atoms with Gasteiger partial charge in [0.2, 0.25) is 14.2 Å². The number of aromatic nitrogens is 1. The summed E-state index contributed by atoms with van der Waals surface area (Å²) >= 11 is 0. The van der Waals surface area contributed by atoms with E-state index in [0.717, 1.165) is 16.7 Å². The van der Waals surface area contributed by atoms with Gasteiger partial charge in [0.1, 0.15) is 18.1 Å². The molecule has 2 aliphatic heterocycles. The second-order valence-electron chi connectivity index (χ2n) is 16.1. The lowest BCUT2D eigenvalue weighted by atomic mass is 9.84. The number of fused-ring (bicyclic) bond motifs is 1. The van der Waals surface area contributed by atoms with Crippen molar-refractivity contribution >= 4 is 26.0 Å². The fourth-order valence-corrected chi connectivity index (χ4v) is 14.3. The van der Waals surface area contributed by atoms with Gasteiger partial charge in [-0.05, 0) is 70.1 Å². The van der Waals surface area contributed by atoms with E-state index in [1.54, 1.807) is 23.1 Å². The first-order valence-corrected chi connectivity index (χ1v) is 22.6. The molecule has 0 spiro atoms. The summed E-state index contributed by atoms with van der Waals surface area (Å²) < 4.78 is 37.7. The minimum absolute atomic E-state index is 0.00317. The predicted molar refractivity (Wildman–Crippen MR) is 227 cm³/mol. The molecule has 3 atom stereocenters. The fraction of sp³-hybridized carbons (Fsp3) is 0.457. The summed E-state index contributed by atoms with van der Waals surface area (Å²) in [5, 5.41) is 0. The molecular formula is C46H59N3O8Si. The zero-order valence-electron chi connectivity index (χ0n) is 35.0. The van der Waals surface area contributed by atoms with Crippen LogP contribution in [0.2, 0.25) is 16.6 Å². The van der Waals surface area contributed by atoms with Gasteiger partial charge in [0.25, 0.3) is 5.91 Å². The predicted octanol–water partition coefficient (Wildman–Crippen LogP) is 9.52. The Hall–Kier alpha value is -4.75. The molecule has 0 bridgehead atoms. The van der Waals surface area contributed by atoms with Crippen LogP contribution in [0.1, 0.15) is 70.6 Å². The third-order valence-corrected chi connectivity index (χ3v) is 17.5. The van der Waals surface area contributed by atoms with Crippen molar-refractivity contribution in [2.75, 3.05) is 44.9 Å². The van der Waals surface area contributed by atoms with Crippen LogP contribution in [0.25, 0.3) is 0 Å². The standard InChI is InChI=1S/C46H59N3O8Si/c1-32(2)58(33(3)4,34(5)6)57-42-28-48(46(51)55-29-35-14-9-8-10-15-35)27-41(45(42)37-18-20-38(21-19-37)56-43-16-11-12-23-47-43)53-30-36-17-22-40-39(26-36)49(24-13-25-52-7)44(50)31-54-40/h8-12,14-23,26,32-34,41-42,45H,13,24-25,27-31H2,1-7H3. The van der Waals surface area contributed by atoms with Crippen molar-refractivity contribution in [2.24, 2.45) is 0 Å². The average molecular weight is 810 g/mol. The van der Waals surface area contributed by atoms with E-state index >= 15 is 0 Å². The number of nitrogens with zero attached hydrogens (tertiary/aromatic N) is 3. The smallest absolute Gasteiger partial charge is 0.410 e. The number of methoxy groups -OCH3 is 1. The highest BCUT2D eigenvalue weighted by atomic mass is 28.4. The second kappa shape index (κ2) is 19.8. The van der Waals surface area contributed by atoms with E-state index in [1.807, 2.05) is 78.9 Å². The molecule has 0 N–H and O–H groups in total. The van der Waals surface area contributed by atoms with Crippen molar-refractivity contribution in [3.8, 4) is 17.4 Å². The number of hydrogen-bond acceptors (Lipinski definition) is 9. The van der Waals surface area contributed by atoms with E-state index in [-0.39, 0.29) is 31.6 Å². The third-order valence-electron chi connectivity index (χ3n) is 11.4. The highest BCUT2D eigenvalue weighted by Gasteiger charge is 2.51. The van der Waals surface area contributed by atoms with Gasteiger partial charge in [0.05, 0.1) is 31.0 Å². The Labute approximate surface area is 344 Å². The summed E-state index contributed by atoms with van der Waals surface area (Å²) in [7, 11) is -0.819. The number of hydrogen-bond donors (Lipinski definition) is 0. The third kappa shape index (κ3) is 10.1. The first kappa shape index (κ1) is 42.8. The maximum atomic E-state index is 14.0. The summed E-state index contributed by atoms with van der Waals surface area (Å²) in [6.07, 6.45) is 1.12. The van der Waals surface area contributed by atoms with E-state index in [2.05, 4.69) is 58.7 Å². The molecule has 1 saturated heterocycles. The Morgan fingerprint density at radius 2 is 1.55 bits per heavy atom. The zero-order chi connectivity index (χ0) is 41.2. The molecule has 4 aromatic rings. The molecule has 0 saturated carbocycles. The monoisotopic (exact) mass is 809 g/mol. The number of carbonyl (C=O) groups excluding carboxylic acids is 2. The van der Waals surface area contributed by atoms with Gasteiger partial charge in [-0.15, -0.1) is 0 Å². The molecule has 58 heavy (non-hydrogen) atoms. The van der Waals surface area contributed by atoms with Crippen LogP contribution in [0.3, 0.4) is 0 Å². The molecule has 2 amide bonds. The van der Waals surface area contributed by atoms with E-state index in [0.29, 0.717) is 72.4 Å². The Morgan fingerprint density at radius 1 is 0.845 bits per heavy atom. The first-order valence-electron chi connectivity index (χ1n) is 20.5. The normalized spacial score (nSPS) is 18.4. The van der Waals surface area contributed by atoms with Crippen molar-refractivity contribution in [3.05, 3.63) is 114 Å². The molecule has 3 unspecified atom stereocenters. The number of piperidine rings is 1. The van der Waals surface area contributed by atoms with E-state index < -0.39 is 26.6 Å². The first-order chi connectivity index (χ1) is 28.0. The number of benzene rings is 3. The highest BCUT2D eigenvalue weighted by Crippen LogP contribution is 2.46. The number of pyridine rings is 1. The van der Waals surface area contributed by atoms with Gasteiger partial charge in [-0.1, -0.05) is 96.1 Å². The summed E-state index contributed by atoms with van der Waals surface area (Å²) in [6.45, 7) is 15.7. The summed E-state index contributed by atoms with van der Waals surface area (Å²) in [4.78, 5) is 34.9. The minimum Gasteiger partial charge on any atom is -0.482 e. The molecule has 12 heteroatoms. The quantitative estimate of drug-likeness (QED) is 0.0761. The maximum Gasteiger partial charge on any atom is 0.410 e. The Balaban J connectivity index is 1.35. The lowest BCUT2D eigenvalue weighted by molar-refractivity contribution is -0.121. The van der Waals surface area contributed by atoms with Crippen molar-refractivity contribution in [1.82, 2.24) is 9.88 Å². The molecule has 3 heterocycles. The summed E-state index contributed by atoms with van der Waals surface area (Å²) in [6, 6.07) is 29.2. The number of carbonyl (C=O) groups is 2. The van der Waals surface area contributed by atoms with E-state index in [4.69, 9.17) is 28.1 Å². The molecular weight excluding hydrogens is 751 g/mol. The molecule has 6 rings (SSSR count). The van der Waals surface area contributed by atoms with Crippen LogP contribution in [0, 0.1) is 0 Å². The number of amides is 2. The van der Waals surface area contributed by atoms with Gasteiger partial charge in [-0.25, -0.2) is 9.78 Å². The molecule has 2 aliphatic rings. The number of ether oxygens (including phenoxy) is 5. The molecule has 11 nitrogen and oxygen atoms in total. The number of anilines is 1. The van der Waals surface area contributed by atoms with Crippen LogP contribution in [-0.4, -0.2) is 82.4 Å². The summed E-state index contributed by atoms with van der Waals surface area (Å²) in [5.41, 5.74) is 4.47. The van der Waals surface area contributed by atoms with Crippen molar-refractivity contribution in [3.63, 3.8) is 0 Å². The molecule has 0 aliphatic carbocycles. The van der Waals surface area contributed by atoms with E-state index in [9.17, 15) is 9.59 Å². The van der Waals surface area contributed by atoms with Gasteiger partial charge in [0.15, 0.2) is 6.61 Å². The van der Waals surface area contributed by atoms with Crippen molar-refractivity contribution in [1.29, 1.82) is 0 Å². The lowest BCUT2D eigenvalue weighted by Crippen LogP contribution is -2.59. The van der Waals surface area contributed by atoms with Crippen LogP contribution in [0.15, 0.2) is 97.2 Å². The van der Waals surface area contributed by atoms with Crippen LogP contribution in [-0.2, 0) is 36.6 Å². The lowest BCUT2D eigenvalue weighted by Gasteiger charge is -2.50. The van der Waals surface area contributed by atoms with Crippen molar-refractivity contribution < 1.29 is 37.7 Å². The molecule has 310 valence electrons. The van der Waals surface area contributed by atoms with Gasteiger partial charge < -0.3 is 37.9 Å². The summed E-state index contributed by atoms with van der Waals surface area (Å²) in [5.74, 6) is 1.49. The largest absolute Gasteiger partial charge is 0.482 e. The fourth-order valence-electron chi connectivity index (χ4n) is 8.74. The Kier molecular flexibility index (Phi) is 14.6. The van der Waals surface area contributed by atoms with Gasteiger partial charge in [-0.3, -0.25) is 4.79 Å². The van der Waals surface area contributed by atoms with Crippen LogP contribution in [0.5, 0.6) is 17.4 Å². The van der Waals surface area contributed by atoms with Crippen LogP contribution in [0.4, 0.5) is 10.5 Å². The van der Waals surface area contributed by atoms with Gasteiger partial charge in [0, 0.05) is 45.0 Å². The van der Waals surface area contributed by atoms with E-state index in [1.165, 1.54) is 0 Å². The second-order valence-corrected chi connectivity index (χ2v) is 21.5. The molecule has 0 radical (unpaired) electrons. The van der Waals surface area contributed by atoms with Gasteiger partial charge >= 0.3 is 6.09 Å². The maximum absolute atomic E-state index is 14.0. The Bertz CT molecular complexity index is 1910. The molecule has 3 aromatic carbocycles. The van der Waals surface area contributed by atoms with Crippen LogP contribution < -0.4 is 14.4 Å². The average Bonchev–Trinajstić information content (AvgIpc) is 3.22. The minimum atomic E-state index is -2.48. The Morgan fingerprint density at radius 3 is 2.22 bits per heavy atom. The molecule has 1 fully saturated rings. The SMILES string of the molecule is COCCCN1C(=O)COc2ccc(COC3CN(C(=O)OCc4ccccc4)CC(O[Si](C(C)C)(C(C)C)C(C)C)C3c3ccc(Oc4ccccn4)cc3)cc21. The number of rotatable bonds is 17. The van der Waals surface area contributed by atoms with Crippen LogP contribution >= 0.6 is 0 Å². The van der Waals surface area contributed by atoms with Crippen molar-refractivity contribution in [2.45, 2.75) is 95.9 Å². The van der Waals surface area contributed by atoms with Gasteiger partial charge in [-0.2, -0.15) is 0 Å². The highest BCUT2D eigenvalue weighted by molar-refractivity contribution is 6.77. The molecule has 1 aromatic heterocycles. The number of likely N-dealkylation sites (tertiary alicyclic amines) is 1. The zero-order valence-corrected chi connectivity index (χ0v) is 36.0.